The van der Waals surface area contributed by atoms with E-state index < -0.39 is 5.41 Å². The summed E-state index contributed by atoms with van der Waals surface area (Å²) < 4.78 is 0. The van der Waals surface area contributed by atoms with Crippen LogP contribution >= 0.6 is 11.8 Å². The van der Waals surface area contributed by atoms with Crippen molar-refractivity contribution in [2.24, 2.45) is 0 Å². The average Bonchev–Trinajstić information content (AvgIpc) is 3.57. The Labute approximate surface area is 338 Å². The van der Waals surface area contributed by atoms with Gasteiger partial charge >= 0.3 is 0 Å². The van der Waals surface area contributed by atoms with Crippen molar-refractivity contribution in [3.63, 3.8) is 0 Å². The van der Waals surface area contributed by atoms with Crippen molar-refractivity contribution >= 4 is 11.8 Å². The lowest BCUT2D eigenvalue weighted by molar-refractivity contribution is 0.723. The predicted octanol–water partition coefficient (Wildman–Crippen LogP) is 14.6. The highest BCUT2D eigenvalue weighted by molar-refractivity contribution is 7.99. The second-order valence-electron chi connectivity index (χ2n) is 15.1. The van der Waals surface area contributed by atoms with E-state index >= 15 is 0 Å². The molecule has 9 aromatic rings. The van der Waals surface area contributed by atoms with Crippen LogP contribution in [-0.4, -0.2) is 4.98 Å². The van der Waals surface area contributed by atoms with E-state index in [0.29, 0.717) is 0 Å². The zero-order valence-electron chi connectivity index (χ0n) is 31.5. The van der Waals surface area contributed by atoms with Gasteiger partial charge in [-0.3, -0.25) is 0 Å². The molecule has 0 bridgehead atoms. The standard InChI is InChI=1S/C55H37NS/c1-36-27-28-42(52-35-43(37-15-4-2-5-16-37)34-51(56-52)38-17-6-3-7-18-38)32-46(36)41-20-14-19-39(31-41)40-29-30-54-50(33-40)55(49-25-12-13-26-53(49)57-54)47-23-10-8-21-44(47)45-22-9-11-24-48(45)55/h2-35H,1H3. The molecule has 2 heteroatoms. The topological polar surface area (TPSA) is 12.9 Å². The first-order valence-corrected chi connectivity index (χ1v) is 20.4. The van der Waals surface area contributed by atoms with Gasteiger partial charge < -0.3 is 0 Å². The summed E-state index contributed by atoms with van der Waals surface area (Å²) in [5.74, 6) is 0. The van der Waals surface area contributed by atoms with Gasteiger partial charge in [0.05, 0.1) is 16.8 Å². The summed E-state index contributed by atoms with van der Waals surface area (Å²) in [4.78, 5) is 7.88. The molecule has 0 saturated carbocycles. The number of benzene rings is 8. The van der Waals surface area contributed by atoms with Gasteiger partial charge in [0.15, 0.2) is 0 Å². The van der Waals surface area contributed by atoms with Crippen LogP contribution in [0, 0.1) is 6.92 Å². The number of pyridine rings is 1. The van der Waals surface area contributed by atoms with Gasteiger partial charge in [-0.25, -0.2) is 4.98 Å². The first-order chi connectivity index (χ1) is 28.1. The van der Waals surface area contributed by atoms with Gasteiger partial charge in [0.25, 0.3) is 0 Å². The molecule has 1 spiro atoms. The summed E-state index contributed by atoms with van der Waals surface area (Å²) >= 11 is 1.89. The number of nitrogens with zero attached hydrogens (tertiary/aromatic N) is 1. The predicted molar refractivity (Wildman–Crippen MR) is 238 cm³/mol. The first kappa shape index (κ1) is 33.6. The van der Waals surface area contributed by atoms with E-state index in [2.05, 4.69) is 213 Å². The maximum atomic E-state index is 5.25. The van der Waals surface area contributed by atoms with Gasteiger partial charge in [0, 0.05) is 20.9 Å². The molecule has 2 aliphatic rings. The van der Waals surface area contributed by atoms with Crippen molar-refractivity contribution in [1.82, 2.24) is 4.98 Å². The molecular formula is C55H37NS. The summed E-state index contributed by atoms with van der Waals surface area (Å²) in [6, 6.07) is 75.6. The fourth-order valence-electron chi connectivity index (χ4n) is 9.23. The summed E-state index contributed by atoms with van der Waals surface area (Å²) in [6.07, 6.45) is 0. The van der Waals surface area contributed by atoms with Crippen LogP contribution in [0.1, 0.15) is 27.8 Å². The van der Waals surface area contributed by atoms with Gasteiger partial charge in [-0.2, -0.15) is 0 Å². The van der Waals surface area contributed by atoms with E-state index in [4.69, 9.17) is 4.98 Å². The minimum absolute atomic E-state index is 0.400. The normalized spacial score (nSPS) is 13.1. The molecule has 0 saturated heterocycles. The molecule has 1 nitrogen and oxygen atoms in total. The van der Waals surface area contributed by atoms with Crippen LogP contribution in [0.3, 0.4) is 0 Å². The molecule has 1 aromatic heterocycles. The van der Waals surface area contributed by atoms with Crippen LogP contribution in [0.2, 0.25) is 0 Å². The zero-order valence-corrected chi connectivity index (χ0v) is 32.3. The molecule has 0 fully saturated rings. The molecule has 0 N–H and O–H groups in total. The second-order valence-corrected chi connectivity index (χ2v) is 16.2. The van der Waals surface area contributed by atoms with Gasteiger partial charge in [-0.1, -0.05) is 176 Å². The lowest BCUT2D eigenvalue weighted by Crippen LogP contribution is -2.32. The Morgan fingerprint density at radius 3 is 1.61 bits per heavy atom. The Hall–Kier alpha value is -6.74. The summed E-state index contributed by atoms with van der Waals surface area (Å²) in [5.41, 5.74) is 20.2. The van der Waals surface area contributed by atoms with Crippen molar-refractivity contribution in [1.29, 1.82) is 0 Å². The average molecular weight is 744 g/mol. The molecular weight excluding hydrogens is 707 g/mol. The smallest absolute Gasteiger partial charge is 0.0735 e. The van der Waals surface area contributed by atoms with E-state index in [0.717, 1.165) is 28.1 Å². The molecule has 268 valence electrons. The molecule has 11 rings (SSSR count). The van der Waals surface area contributed by atoms with Gasteiger partial charge in [-0.05, 0) is 122 Å². The summed E-state index contributed by atoms with van der Waals surface area (Å²) in [5, 5.41) is 0. The molecule has 0 unspecified atom stereocenters. The van der Waals surface area contributed by atoms with Crippen LogP contribution in [0.5, 0.6) is 0 Å². The lowest BCUT2D eigenvalue weighted by atomic mass is 9.67. The number of fused-ring (bicyclic) bond motifs is 9. The quantitative estimate of drug-likeness (QED) is 0.174. The van der Waals surface area contributed by atoms with E-state index in [-0.39, 0.29) is 0 Å². The number of aromatic nitrogens is 1. The highest BCUT2D eigenvalue weighted by Gasteiger charge is 2.50. The number of rotatable bonds is 5. The molecule has 1 aliphatic heterocycles. The van der Waals surface area contributed by atoms with E-state index in [1.807, 2.05) is 11.8 Å². The Balaban J connectivity index is 1.04. The zero-order chi connectivity index (χ0) is 37.9. The third kappa shape index (κ3) is 5.44. The van der Waals surface area contributed by atoms with Crippen molar-refractivity contribution in [3.8, 4) is 67.0 Å². The van der Waals surface area contributed by atoms with Crippen LogP contribution in [0.15, 0.2) is 216 Å². The van der Waals surface area contributed by atoms with Gasteiger partial charge in [-0.15, -0.1) is 0 Å². The molecule has 8 aromatic carbocycles. The third-order valence-electron chi connectivity index (χ3n) is 11.9. The lowest BCUT2D eigenvalue weighted by Gasteiger charge is -2.40. The van der Waals surface area contributed by atoms with E-state index in [1.54, 1.807) is 0 Å². The van der Waals surface area contributed by atoms with Crippen LogP contribution in [-0.2, 0) is 5.41 Å². The largest absolute Gasteiger partial charge is 0.248 e. The van der Waals surface area contributed by atoms with Crippen molar-refractivity contribution in [2.45, 2.75) is 22.1 Å². The maximum Gasteiger partial charge on any atom is 0.0735 e. The second kappa shape index (κ2) is 13.5. The highest BCUT2D eigenvalue weighted by Crippen LogP contribution is 2.62. The Morgan fingerprint density at radius 2 is 0.877 bits per heavy atom. The SMILES string of the molecule is Cc1ccc(-c2cc(-c3ccccc3)cc(-c3ccccc3)n2)cc1-c1cccc(-c2ccc3c(c2)C2(c4ccccc4S3)c3ccccc3-c3ccccc32)c1. The minimum Gasteiger partial charge on any atom is -0.248 e. The molecule has 1 aliphatic carbocycles. The Kier molecular flexibility index (Phi) is 7.94. The van der Waals surface area contributed by atoms with Gasteiger partial charge in [0.2, 0.25) is 0 Å². The fourth-order valence-corrected chi connectivity index (χ4v) is 10.4. The highest BCUT2D eigenvalue weighted by atomic mass is 32.2. The number of hydrogen-bond acceptors (Lipinski definition) is 2. The van der Waals surface area contributed by atoms with Crippen molar-refractivity contribution in [3.05, 3.63) is 234 Å². The van der Waals surface area contributed by atoms with E-state index in [9.17, 15) is 0 Å². The number of hydrogen-bond donors (Lipinski definition) is 0. The van der Waals surface area contributed by atoms with Gasteiger partial charge in [0.1, 0.15) is 0 Å². The molecule has 57 heavy (non-hydrogen) atoms. The van der Waals surface area contributed by atoms with Crippen molar-refractivity contribution in [2.75, 3.05) is 0 Å². The molecule has 0 amide bonds. The molecule has 0 atom stereocenters. The van der Waals surface area contributed by atoms with Crippen LogP contribution < -0.4 is 0 Å². The van der Waals surface area contributed by atoms with Crippen LogP contribution in [0.4, 0.5) is 0 Å². The molecule has 0 radical (unpaired) electrons. The van der Waals surface area contributed by atoms with E-state index in [1.165, 1.54) is 76.6 Å². The summed E-state index contributed by atoms with van der Waals surface area (Å²) in [6.45, 7) is 2.21. The summed E-state index contributed by atoms with van der Waals surface area (Å²) in [7, 11) is 0. The monoisotopic (exact) mass is 743 g/mol. The van der Waals surface area contributed by atoms with Crippen LogP contribution in [0.25, 0.3) is 67.0 Å². The first-order valence-electron chi connectivity index (χ1n) is 19.6. The van der Waals surface area contributed by atoms with Crippen molar-refractivity contribution < 1.29 is 0 Å². The maximum absolute atomic E-state index is 5.25. The third-order valence-corrected chi connectivity index (χ3v) is 13.0. The Bertz CT molecular complexity index is 2900. The minimum atomic E-state index is -0.400. The fraction of sp³-hybridized carbons (Fsp3) is 0.0364. The molecule has 2 heterocycles. The Morgan fingerprint density at radius 1 is 0.333 bits per heavy atom. The number of aryl methyl sites for hydroxylation is 1.